The first-order valence-corrected chi connectivity index (χ1v) is 7.68. The molecular weight excluding hydrogens is 331 g/mol. The minimum absolute atomic E-state index is 0.157. The van der Waals surface area contributed by atoms with Gasteiger partial charge in [0.25, 0.3) is 0 Å². The Morgan fingerprint density at radius 2 is 2.12 bits per heavy atom. The van der Waals surface area contributed by atoms with Crippen molar-refractivity contribution in [2.45, 2.75) is 12.5 Å². The van der Waals surface area contributed by atoms with E-state index in [0.717, 1.165) is 0 Å². The first kappa shape index (κ1) is 16.7. The SMILES string of the molecule is Cn1cnc([N+](=O)[O-])c1N1CC[C@@H](NC(=O)Nc2ccc(F)cc2)C1. The molecule has 0 spiro atoms. The molecule has 2 amide bonds. The second-order valence-corrected chi connectivity index (χ2v) is 5.80. The van der Waals surface area contributed by atoms with Gasteiger partial charge >= 0.3 is 11.8 Å². The van der Waals surface area contributed by atoms with Crippen LogP contribution in [0.3, 0.4) is 0 Å². The van der Waals surface area contributed by atoms with E-state index < -0.39 is 11.0 Å². The zero-order valence-corrected chi connectivity index (χ0v) is 13.5. The molecule has 3 rings (SSSR count). The fourth-order valence-corrected chi connectivity index (χ4v) is 2.86. The zero-order chi connectivity index (χ0) is 18.0. The second-order valence-electron chi connectivity index (χ2n) is 5.80. The first-order chi connectivity index (χ1) is 11.9. The summed E-state index contributed by atoms with van der Waals surface area (Å²) in [6.07, 6.45) is 2.05. The van der Waals surface area contributed by atoms with E-state index in [1.165, 1.54) is 30.6 Å². The number of amides is 2. The lowest BCUT2D eigenvalue weighted by Crippen LogP contribution is -2.40. The molecular formula is C15H17FN6O3. The molecule has 1 aromatic heterocycles. The highest BCUT2D eigenvalue weighted by Gasteiger charge is 2.32. The number of hydrogen-bond acceptors (Lipinski definition) is 5. The largest absolute Gasteiger partial charge is 0.406 e. The topological polar surface area (TPSA) is 105 Å². The maximum atomic E-state index is 12.9. The van der Waals surface area contributed by atoms with Gasteiger partial charge in [-0.25, -0.2) is 9.18 Å². The van der Waals surface area contributed by atoms with E-state index in [4.69, 9.17) is 0 Å². The molecule has 1 aliphatic rings. The predicted octanol–water partition coefficient (Wildman–Crippen LogP) is 1.87. The molecule has 2 aromatic rings. The van der Waals surface area contributed by atoms with Gasteiger partial charge in [0.2, 0.25) is 12.1 Å². The van der Waals surface area contributed by atoms with Gasteiger partial charge in [0.15, 0.2) is 0 Å². The number of nitrogens with one attached hydrogen (secondary N) is 2. The van der Waals surface area contributed by atoms with E-state index >= 15 is 0 Å². The minimum Gasteiger partial charge on any atom is -0.358 e. The molecule has 10 heteroatoms. The standard InChI is InChI=1S/C15H17FN6O3/c1-20-9-17-13(22(24)25)14(20)21-7-6-12(8-21)19-15(23)18-11-4-2-10(16)3-5-11/h2-5,9,12H,6-8H2,1H3,(H2,18,19,23)/t12-/m1/s1. The fraction of sp³-hybridized carbons (Fsp3) is 0.333. The number of nitrogens with zero attached hydrogens (tertiary/aromatic N) is 4. The Hall–Kier alpha value is -3.17. The van der Waals surface area contributed by atoms with Gasteiger partial charge in [-0.15, -0.1) is 0 Å². The molecule has 1 aromatic carbocycles. The van der Waals surface area contributed by atoms with Crippen LogP contribution in [0.1, 0.15) is 6.42 Å². The van der Waals surface area contributed by atoms with Crippen molar-refractivity contribution in [1.29, 1.82) is 0 Å². The molecule has 0 bridgehead atoms. The molecule has 25 heavy (non-hydrogen) atoms. The smallest absolute Gasteiger partial charge is 0.358 e. The summed E-state index contributed by atoms with van der Waals surface area (Å²) in [6.45, 7) is 1.01. The lowest BCUT2D eigenvalue weighted by Gasteiger charge is -2.18. The third kappa shape index (κ3) is 3.67. The van der Waals surface area contributed by atoms with Crippen molar-refractivity contribution in [3.05, 3.63) is 46.5 Å². The number of aromatic nitrogens is 2. The van der Waals surface area contributed by atoms with Crippen molar-refractivity contribution < 1.29 is 14.1 Å². The number of rotatable bonds is 4. The van der Waals surface area contributed by atoms with Crippen LogP contribution in [0.25, 0.3) is 0 Å². The molecule has 9 nitrogen and oxygen atoms in total. The lowest BCUT2D eigenvalue weighted by atomic mass is 10.3. The molecule has 0 aliphatic carbocycles. The highest BCUT2D eigenvalue weighted by Crippen LogP contribution is 2.28. The van der Waals surface area contributed by atoms with Gasteiger partial charge in [-0.05, 0) is 40.6 Å². The molecule has 2 heterocycles. The van der Waals surface area contributed by atoms with Crippen LogP contribution >= 0.6 is 0 Å². The van der Waals surface area contributed by atoms with E-state index in [2.05, 4.69) is 15.6 Å². The van der Waals surface area contributed by atoms with Crippen molar-refractivity contribution in [3.8, 4) is 0 Å². The number of carbonyl (C=O) groups excluding carboxylic acids is 1. The average Bonchev–Trinajstić information content (AvgIpc) is 3.15. The van der Waals surface area contributed by atoms with Crippen molar-refractivity contribution in [2.24, 2.45) is 7.05 Å². The maximum absolute atomic E-state index is 12.9. The second kappa shape index (κ2) is 6.75. The quantitative estimate of drug-likeness (QED) is 0.648. The third-order valence-corrected chi connectivity index (χ3v) is 3.99. The van der Waals surface area contributed by atoms with Crippen molar-refractivity contribution in [2.75, 3.05) is 23.3 Å². The molecule has 1 saturated heterocycles. The zero-order valence-electron chi connectivity index (χ0n) is 13.5. The Kier molecular flexibility index (Phi) is 4.50. The van der Waals surface area contributed by atoms with Gasteiger partial charge in [-0.3, -0.25) is 4.57 Å². The van der Waals surface area contributed by atoms with Crippen molar-refractivity contribution in [3.63, 3.8) is 0 Å². The molecule has 1 fully saturated rings. The first-order valence-electron chi connectivity index (χ1n) is 7.68. The van der Waals surface area contributed by atoms with Crippen LogP contribution in [0.15, 0.2) is 30.6 Å². The van der Waals surface area contributed by atoms with Crippen LogP contribution < -0.4 is 15.5 Å². The number of imidazole rings is 1. The summed E-state index contributed by atoms with van der Waals surface area (Å²) in [5, 5.41) is 16.5. The van der Waals surface area contributed by atoms with E-state index in [9.17, 15) is 19.3 Å². The number of benzene rings is 1. The highest BCUT2D eigenvalue weighted by molar-refractivity contribution is 5.89. The van der Waals surface area contributed by atoms with E-state index in [-0.39, 0.29) is 17.7 Å². The van der Waals surface area contributed by atoms with Gasteiger partial charge in [0, 0.05) is 31.9 Å². The van der Waals surface area contributed by atoms with E-state index in [1.54, 1.807) is 11.6 Å². The maximum Gasteiger partial charge on any atom is 0.406 e. The average molecular weight is 348 g/mol. The van der Waals surface area contributed by atoms with Gasteiger partial charge < -0.3 is 25.6 Å². The molecule has 1 atom stereocenters. The summed E-state index contributed by atoms with van der Waals surface area (Å²) in [5.74, 6) is -0.151. The van der Waals surface area contributed by atoms with Gasteiger partial charge in [-0.1, -0.05) is 0 Å². The Bertz CT molecular complexity index is 791. The Morgan fingerprint density at radius 3 is 2.80 bits per heavy atom. The molecule has 0 radical (unpaired) electrons. The summed E-state index contributed by atoms with van der Waals surface area (Å²) in [4.78, 5) is 28.2. The number of carbonyl (C=O) groups is 1. The summed E-state index contributed by atoms with van der Waals surface area (Å²) in [5.41, 5.74) is 0.482. The highest BCUT2D eigenvalue weighted by atomic mass is 19.1. The number of aryl methyl sites for hydroxylation is 1. The van der Waals surface area contributed by atoms with Crippen LogP contribution in [-0.4, -0.2) is 39.6 Å². The van der Waals surface area contributed by atoms with Crippen LogP contribution in [0.2, 0.25) is 0 Å². The Labute approximate surface area is 142 Å². The van der Waals surface area contributed by atoms with Crippen molar-refractivity contribution in [1.82, 2.24) is 14.9 Å². The number of anilines is 2. The summed E-state index contributed by atoms with van der Waals surface area (Å²) < 4.78 is 14.5. The van der Waals surface area contributed by atoms with Crippen LogP contribution in [-0.2, 0) is 7.05 Å². The molecule has 0 unspecified atom stereocenters. The van der Waals surface area contributed by atoms with Crippen LogP contribution in [0.5, 0.6) is 0 Å². The Morgan fingerprint density at radius 1 is 1.40 bits per heavy atom. The van der Waals surface area contributed by atoms with Crippen molar-refractivity contribution >= 4 is 23.4 Å². The summed E-state index contributed by atoms with van der Waals surface area (Å²) >= 11 is 0. The van der Waals surface area contributed by atoms with Gasteiger partial charge in [-0.2, -0.15) is 0 Å². The number of hydrogen-bond donors (Lipinski definition) is 2. The van der Waals surface area contributed by atoms with E-state index in [0.29, 0.717) is 31.0 Å². The monoisotopic (exact) mass is 348 g/mol. The number of halogens is 1. The van der Waals surface area contributed by atoms with E-state index in [1.807, 2.05) is 4.90 Å². The number of urea groups is 1. The number of nitro groups is 1. The van der Waals surface area contributed by atoms with Gasteiger partial charge in [0.1, 0.15) is 5.82 Å². The summed E-state index contributed by atoms with van der Waals surface area (Å²) in [7, 11) is 1.69. The lowest BCUT2D eigenvalue weighted by molar-refractivity contribution is -0.388. The van der Waals surface area contributed by atoms with Crippen LogP contribution in [0.4, 0.5) is 26.5 Å². The third-order valence-electron chi connectivity index (χ3n) is 3.99. The molecule has 2 N–H and O–H groups in total. The summed E-state index contributed by atoms with van der Waals surface area (Å²) in [6, 6.07) is 4.89. The fourth-order valence-electron chi connectivity index (χ4n) is 2.86. The molecule has 132 valence electrons. The molecule has 1 aliphatic heterocycles. The Balaban J connectivity index is 1.60. The minimum atomic E-state index is -0.517. The van der Waals surface area contributed by atoms with Gasteiger partial charge in [0.05, 0.1) is 0 Å². The van der Waals surface area contributed by atoms with Crippen LogP contribution in [0, 0.1) is 15.9 Å². The molecule has 0 saturated carbocycles. The predicted molar refractivity (Wildman–Crippen MR) is 89.0 cm³/mol. The normalized spacial score (nSPS) is 16.7.